The normalized spacial score (nSPS) is 18.9. The van der Waals surface area contributed by atoms with Crippen molar-refractivity contribution in [1.82, 2.24) is 4.31 Å². The van der Waals surface area contributed by atoms with Crippen molar-refractivity contribution in [3.05, 3.63) is 28.2 Å². The van der Waals surface area contributed by atoms with Gasteiger partial charge >= 0.3 is 0 Å². The van der Waals surface area contributed by atoms with Crippen LogP contribution < -0.4 is 0 Å². The zero-order valence-electron chi connectivity index (χ0n) is 12.2. The van der Waals surface area contributed by atoms with Crippen molar-refractivity contribution in [2.24, 2.45) is 0 Å². The zero-order chi connectivity index (χ0) is 15.7. The van der Waals surface area contributed by atoms with Gasteiger partial charge in [-0.3, -0.25) is 0 Å². The molecule has 0 spiro atoms. The second-order valence-corrected chi connectivity index (χ2v) is 8.41. The monoisotopic (exact) mass is 377 g/mol. The van der Waals surface area contributed by atoms with E-state index in [2.05, 4.69) is 15.9 Å². The second-order valence-electron chi connectivity index (χ2n) is 5.51. The predicted molar refractivity (Wildman–Crippen MR) is 83.7 cm³/mol. The number of nitrogens with zero attached hydrogens (tertiary/aromatic N) is 1. The molecule has 1 aromatic rings. The highest BCUT2D eigenvalue weighted by Gasteiger charge is 2.35. The number of sulfonamides is 1. The first-order valence-corrected chi connectivity index (χ1v) is 9.01. The van der Waals surface area contributed by atoms with Crippen molar-refractivity contribution in [2.45, 2.75) is 30.3 Å². The van der Waals surface area contributed by atoms with Crippen molar-refractivity contribution in [1.29, 1.82) is 0 Å². The van der Waals surface area contributed by atoms with Crippen molar-refractivity contribution < 1.29 is 18.3 Å². The molecule has 0 atom stereocenters. The van der Waals surface area contributed by atoms with E-state index in [1.54, 1.807) is 18.2 Å². The van der Waals surface area contributed by atoms with E-state index in [-0.39, 0.29) is 11.4 Å². The Balaban J connectivity index is 2.20. The van der Waals surface area contributed by atoms with Crippen LogP contribution in [0.2, 0.25) is 0 Å². The molecule has 1 saturated heterocycles. The van der Waals surface area contributed by atoms with E-state index in [4.69, 9.17) is 4.74 Å². The van der Waals surface area contributed by atoms with Crippen LogP contribution in [0.5, 0.6) is 0 Å². The lowest BCUT2D eigenvalue weighted by Gasteiger charge is -2.35. The smallest absolute Gasteiger partial charge is 0.242 e. The first kappa shape index (κ1) is 16.9. The molecule has 21 heavy (non-hydrogen) atoms. The van der Waals surface area contributed by atoms with E-state index in [1.807, 2.05) is 6.92 Å². The Morgan fingerprint density at radius 3 is 2.57 bits per heavy atom. The molecule has 0 radical (unpaired) electrons. The molecule has 1 aliphatic heterocycles. The van der Waals surface area contributed by atoms with Gasteiger partial charge in [-0.1, -0.05) is 15.9 Å². The molecule has 118 valence electrons. The quantitative estimate of drug-likeness (QED) is 0.870. The van der Waals surface area contributed by atoms with Crippen LogP contribution >= 0.6 is 15.9 Å². The van der Waals surface area contributed by atoms with Gasteiger partial charge in [-0.15, -0.1) is 0 Å². The molecule has 1 aromatic carbocycles. The average Bonchev–Trinajstić information content (AvgIpc) is 2.42. The van der Waals surface area contributed by atoms with Crippen LogP contribution in [0.1, 0.15) is 18.4 Å². The third kappa shape index (κ3) is 3.84. The summed E-state index contributed by atoms with van der Waals surface area (Å²) in [5, 5.41) is 10.5. The maximum atomic E-state index is 12.6. The Kier molecular flexibility index (Phi) is 5.10. The number of halogens is 1. The van der Waals surface area contributed by atoms with E-state index in [9.17, 15) is 13.5 Å². The van der Waals surface area contributed by atoms with E-state index in [0.717, 1.165) is 10.0 Å². The van der Waals surface area contributed by atoms with Crippen LogP contribution in [0.15, 0.2) is 27.6 Å². The standard InChI is InChI=1S/C14H20BrNO4S/c1-11-9-12(3-4-13(11)15)21(18,19)16(2)10-14(17)5-7-20-8-6-14/h3-4,9,17H,5-8,10H2,1-2H3. The molecule has 0 aromatic heterocycles. The first-order valence-electron chi connectivity index (χ1n) is 6.77. The summed E-state index contributed by atoms with van der Waals surface area (Å²) >= 11 is 3.36. The Morgan fingerprint density at radius 1 is 1.38 bits per heavy atom. The van der Waals surface area contributed by atoms with Crippen molar-refractivity contribution in [3.63, 3.8) is 0 Å². The fourth-order valence-electron chi connectivity index (χ4n) is 2.37. The SMILES string of the molecule is Cc1cc(S(=O)(=O)N(C)CC2(O)CCOCC2)ccc1Br. The van der Waals surface area contributed by atoms with Crippen LogP contribution in [0.3, 0.4) is 0 Å². The Bertz CT molecular complexity index is 611. The second kappa shape index (κ2) is 6.34. The van der Waals surface area contributed by atoms with Crippen molar-refractivity contribution >= 4 is 26.0 Å². The predicted octanol–water partition coefficient (Wildman–Crippen LogP) is 1.92. The lowest BCUT2D eigenvalue weighted by atomic mass is 9.95. The number of aliphatic hydroxyl groups is 1. The Hall–Kier alpha value is -0.470. The van der Waals surface area contributed by atoms with Gasteiger partial charge in [-0.25, -0.2) is 8.42 Å². The number of benzene rings is 1. The minimum atomic E-state index is -3.60. The summed E-state index contributed by atoms with van der Waals surface area (Å²) in [6.07, 6.45) is 0.901. The maximum absolute atomic E-state index is 12.6. The molecule has 0 amide bonds. The molecule has 1 heterocycles. The summed E-state index contributed by atoms with van der Waals surface area (Å²) in [6.45, 7) is 2.84. The molecule has 0 saturated carbocycles. The largest absolute Gasteiger partial charge is 0.388 e. The molecule has 1 fully saturated rings. The molecule has 0 bridgehead atoms. The minimum absolute atomic E-state index is 0.0772. The highest BCUT2D eigenvalue weighted by atomic mass is 79.9. The minimum Gasteiger partial charge on any atom is -0.388 e. The molecular weight excluding hydrogens is 358 g/mol. The fourth-order valence-corrected chi connectivity index (χ4v) is 3.95. The number of hydrogen-bond acceptors (Lipinski definition) is 4. The highest BCUT2D eigenvalue weighted by Crippen LogP contribution is 2.26. The molecule has 5 nitrogen and oxygen atoms in total. The third-order valence-electron chi connectivity index (χ3n) is 3.78. The van der Waals surface area contributed by atoms with Gasteiger partial charge in [0.1, 0.15) is 0 Å². The van der Waals surface area contributed by atoms with Gasteiger partial charge in [0.05, 0.1) is 10.5 Å². The van der Waals surface area contributed by atoms with Crippen LogP contribution in [-0.4, -0.2) is 50.2 Å². The van der Waals surface area contributed by atoms with Gasteiger partial charge in [0, 0.05) is 44.1 Å². The fraction of sp³-hybridized carbons (Fsp3) is 0.571. The van der Waals surface area contributed by atoms with Gasteiger partial charge < -0.3 is 9.84 Å². The van der Waals surface area contributed by atoms with Crippen LogP contribution in [0, 0.1) is 6.92 Å². The van der Waals surface area contributed by atoms with E-state index in [1.165, 1.54) is 11.4 Å². The summed E-state index contributed by atoms with van der Waals surface area (Å²) in [7, 11) is -2.10. The van der Waals surface area contributed by atoms with Gasteiger partial charge in [0.15, 0.2) is 0 Å². The van der Waals surface area contributed by atoms with Crippen molar-refractivity contribution in [3.8, 4) is 0 Å². The van der Waals surface area contributed by atoms with E-state index >= 15 is 0 Å². The Labute approximate surface area is 134 Å². The highest BCUT2D eigenvalue weighted by molar-refractivity contribution is 9.10. The molecule has 0 aliphatic carbocycles. The number of rotatable bonds is 4. The average molecular weight is 378 g/mol. The van der Waals surface area contributed by atoms with E-state index < -0.39 is 15.6 Å². The van der Waals surface area contributed by atoms with Gasteiger partial charge in [0.2, 0.25) is 10.0 Å². The molecule has 1 N–H and O–H groups in total. The van der Waals surface area contributed by atoms with Gasteiger partial charge in [-0.2, -0.15) is 4.31 Å². The topological polar surface area (TPSA) is 66.8 Å². The molecule has 1 aliphatic rings. The number of ether oxygens (including phenoxy) is 1. The van der Waals surface area contributed by atoms with Crippen LogP contribution in [0.25, 0.3) is 0 Å². The molecular formula is C14H20BrNO4S. The third-order valence-corrected chi connectivity index (χ3v) is 6.47. The molecule has 2 rings (SSSR count). The zero-order valence-corrected chi connectivity index (χ0v) is 14.6. The first-order chi connectivity index (χ1) is 9.74. The van der Waals surface area contributed by atoms with Crippen molar-refractivity contribution in [2.75, 3.05) is 26.8 Å². The summed E-state index contributed by atoms with van der Waals surface area (Å²) in [4.78, 5) is 0.237. The number of hydrogen-bond donors (Lipinski definition) is 1. The summed E-state index contributed by atoms with van der Waals surface area (Å²) in [5.41, 5.74) is -0.154. The Morgan fingerprint density at radius 2 is 2.00 bits per heavy atom. The lowest BCUT2D eigenvalue weighted by Crippen LogP contribution is -2.47. The number of aryl methyl sites for hydroxylation is 1. The van der Waals surface area contributed by atoms with Gasteiger partial charge in [-0.05, 0) is 30.7 Å². The maximum Gasteiger partial charge on any atom is 0.242 e. The molecule has 7 heteroatoms. The summed E-state index contributed by atoms with van der Waals surface area (Å²) < 4.78 is 32.5. The lowest BCUT2D eigenvalue weighted by molar-refractivity contribution is -0.0689. The number of likely N-dealkylation sites (N-methyl/N-ethyl adjacent to an activating group) is 1. The summed E-state index contributed by atoms with van der Waals surface area (Å²) in [5.74, 6) is 0. The van der Waals surface area contributed by atoms with E-state index in [0.29, 0.717) is 26.1 Å². The van der Waals surface area contributed by atoms with Gasteiger partial charge in [0.25, 0.3) is 0 Å². The van der Waals surface area contributed by atoms with Crippen LogP contribution in [-0.2, 0) is 14.8 Å². The van der Waals surface area contributed by atoms with Crippen LogP contribution in [0.4, 0.5) is 0 Å². The molecule has 0 unspecified atom stereocenters. The summed E-state index contributed by atoms with van der Waals surface area (Å²) in [6, 6.07) is 4.92.